The Morgan fingerprint density at radius 2 is 1.53 bits per heavy atom. The summed E-state index contributed by atoms with van der Waals surface area (Å²) in [4.78, 5) is 25.0. The van der Waals surface area contributed by atoms with Crippen molar-refractivity contribution in [1.29, 1.82) is 0 Å². The van der Waals surface area contributed by atoms with E-state index in [-0.39, 0.29) is 26.2 Å². The van der Waals surface area contributed by atoms with Gasteiger partial charge in [0.15, 0.2) is 0 Å². The first-order valence-electron chi connectivity index (χ1n) is 12.7. The number of fused-ring (bicyclic) bond motifs is 1. The molecule has 38 heavy (non-hydrogen) atoms. The second-order valence-electron chi connectivity index (χ2n) is 9.38. The van der Waals surface area contributed by atoms with Gasteiger partial charge in [0.25, 0.3) is 5.91 Å². The van der Waals surface area contributed by atoms with Crippen molar-refractivity contribution in [3.8, 4) is 11.1 Å². The van der Waals surface area contributed by atoms with Crippen molar-refractivity contribution in [3.05, 3.63) is 107 Å². The summed E-state index contributed by atoms with van der Waals surface area (Å²) in [5.41, 5.74) is 5.88. The van der Waals surface area contributed by atoms with Crippen LogP contribution < -0.4 is 24.2 Å². The molecule has 0 unspecified atom stereocenters. The average Bonchev–Trinajstić information content (AvgIpc) is 2.91. The normalized spacial score (nSPS) is 11.5. The third kappa shape index (κ3) is 7.54. The third-order valence-electron chi connectivity index (χ3n) is 6.72. The van der Waals surface area contributed by atoms with Crippen molar-refractivity contribution < 1.29 is 35.0 Å². The molecule has 0 bridgehead atoms. The Balaban J connectivity index is 0.00000267. The van der Waals surface area contributed by atoms with E-state index in [9.17, 15) is 14.7 Å². The Bertz CT molecular complexity index is 1410. The molecule has 4 aromatic carbocycles. The number of carboxylic acid groups (broad SMARTS) is 1. The van der Waals surface area contributed by atoms with Crippen LogP contribution in [0.15, 0.2) is 84.9 Å². The van der Waals surface area contributed by atoms with Gasteiger partial charge in [-0.25, -0.2) is 4.79 Å². The molecule has 4 nitrogen and oxygen atoms in total. The molecule has 0 fully saturated rings. The number of amides is 1. The summed E-state index contributed by atoms with van der Waals surface area (Å²) in [7, 11) is 0. The second kappa shape index (κ2) is 14.3. The van der Waals surface area contributed by atoms with Crippen LogP contribution in [0.3, 0.4) is 0 Å². The van der Waals surface area contributed by atoms with Crippen LogP contribution in [-0.2, 0) is 17.6 Å². The number of aryl methyl sites for hydroxylation is 3. The van der Waals surface area contributed by atoms with Crippen LogP contribution in [0.5, 0.6) is 0 Å². The molecule has 0 radical (unpaired) electrons. The van der Waals surface area contributed by atoms with E-state index in [1.54, 1.807) is 11.8 Å². The molecule has 0 heterocycles. The predicted molar refractivity (Wildman–Crippen MR) is 156 cm³/mol. The number of benzene rings is 4. The third-order valence-corrected chi connectivity index (χ3v) is 7.37. The summed E-state index contributed by atoms with van der Waals surface area (Å²) in [6.45, 7) is 2.03. The SMILES string of the molecule is CSCC[C@H](NC(=O)c1ccc(CCCc2ccc3ccccc3c2)cc1-c1ccccc1C)C(=O)O.[H-].[Li+]. The summed E-state index contributed by atoms with van der Waals surface area (Å²) in [5.74, 6) is -0.697. The van der Waals surface area contributed by atoms with E-state index in [4.69, 9.17) is 0 Å². The van der Waals surface area contributed by atoms with E-state index in [1.165, 1.54) is 16.3 Å². The standard InChI is InChI=1S/C32H33NO3S.Li.H/c1-22-8-3-6-13-27(22)29-21-24(10-7-9-23-14-16-25-11-4-5-12-26(25)20-23)15-17-28(29)31(34)33-30(32(35)36)18-19-37-2;;/h3-6,8,11-17,20-21,30H,7,9-10,18-19H2,1-2H3,(H,33,34)(H,35,36);;/q;+1;-1/t30-;;/m0../s1. The van der Waals surface area contributed by atoms with Crippen LogP contribution in [0.2, 0.25) is 0 Å². The molecule has 0 aliphatic heterocycles. The van der Waals surface area contributed by atoms with Crippen LogP contribution in [-0.4, -0.2) is 35.0 Å². The molecule has 0 aromatic heterocycles. The summed E-state index contributed by atoms with van der Waals surface area (Å²) >= 11 is 1.57. The number of carboxylic acids is 1. The molecule has 0 aliphatic rings. The van der Waals surface area contributed by atoms with E-state index >= 15 is 0 Å². The smallest absolute Gasteiger partial charge is 1.00 e. The second-order valence-corrected chi connectivity index (χ2v) is 10.4. The molecule has 2 N–H and O–H groups in total. The van der Waals surface area contributed by atoms with Gasteiger partial charge in [0, 0.05) is 5.56 Å². The topological polar surface area (TPSA) is 66.4 Å². The molecule has 4 aromatic rings. The van der Waals surface area contributed by atoms with Crippen molar-refractivity contribution in [2.24, 2.45) is 0 Å². The predicted octanol–water partition coefficient (Wildman–Crippen LogP) is 4.04. The van der Waals surface area contributed by atoms with Crippen molar-refractivity contribution in [2.75, 3.05) is 12.0 Å². The van der Waals surface area contributed by atoms with E-state index in [2.05, 4.69) is 53.8 Å². The fourth-order valence-electron chi connectivity index (χ4n) is 4.66. The van der Waals surface area contributed by atoms with Gasteiger partial charge in [-0.3, -0.25) is 4.79 Å². The molecule has 6 heteroatoms. The first-order valence-corrected chi connectivity index (χ1v) is 14.0. The molecular formula is C32H34LiNO3S. The Hall–Kier alpha value is -2.97. The van der Waals surface area contributed by atoms with Gasteiger partial charge in [-0.2, -0.15) is 11.8 Å². The van der Waals surface area contributed by atoms with Crippen LogP contribution >= 0.6 is 11.8 Å². The van der Waals surface area contributed by atoms with Crippen molar-refractivity contribution in [2.45, 2.75) is 38.6 Å². The molecule has 0 spiro atoms. The maximum Gasteiger partial charge on any atom is 1.00 e. The zero-order chi connectivity index (χ0) is 26.2. The number of carbonyl (C=O) groups excluding carboxylic acids is 1. The number of hydrogen-bond donors (Lipinski definition) is 2. The molecular weight excluding hydrogens is 485 g/mol. The summed E-state index contributed by atoms with van der Waals surface area (Å²) in [5, 5.41) is 14.9. The van der Waals surface area contributed by atoms with Gasteiger partial charge in [0.05, 0.1) is 0 Å². The van der Waals surface area contributed by atoms with E-state index in [0.717, 1.165) is 41.5 Å². The van der Waals surface area contributed by atoms with Crippen molar-refractivity contribution >= 4 is 34.4 Å². The minimum Gasteiger partial charge on any atom is -1.00 e. The number of carbonyl (C=O) groups is 2. The first kappa shape index (κ1) is 29.6. The number of hydrogen-bond acceptors (Lipinski definition) is 3. The minimum absolute atomic E-state index is 0. The van der Waals surface area contributed by atoms with Gasteiger partial charge in [-0.1, -0.05) is 78.9 Å². The quantitative estimate of drug-likeness (QED) is 0.294. The van der Waals surface area contributed by atoms with Gasteiger partial charge < -0.3 is 11.8 Å². The summed E-state index contributed by atoms with van der Waals surface area (Å²) in [6, 6.07) is 28.1. The van der Waals surface area contributed by atoms with Crippen LogP contribution in [0, 0.1) is 6.92 Å². The first-order chi connectivity index (χ1) is 18.0. The van der Waals surface area contributed by atoms with Crippen molar-refractivity contribution in [1.82, 2.24) is 5.32 Å². The van der Waals surface area contributed by atoms with Gasteiger partial charge in [0.2, 0.25) is 0 Å². The Morgan fingerprint density at radius 1 is 0.868 bits per heavy atom. The Kier molecular flexibility index (Phi) is 11.1. The summed E-state index contributed by atoms with van der Waals surface area (Å²) < 4.78 is 0. The monoisotopic (exact) mass is 519 g/mol. The fraction of sp³-hybridized carbons (Fsp3) is 0.250. The van der Waals surface area contributed by atoms with Gasteiger partial charge in [-0.05, 0) is 89.3 Å². The van der Waals surface area contributed by atoms with E-state index in [0.29, 0.717) is 17.7 Å². The molecule has 192 valence electrons. The van der Waals surface area contributed by atoms with Gasteiger partial charge >= 0.3 is 24.8 Å². The fourth-order valence-corrected chi connectivity index (χ4v) is 5.13. The zero-order valence-corrected chi connectivity index (χ0v) is 23.2. The van der Waals surface area contributed by atoms with Crippen LogP contribution in [0.4, 0.5) is 0 Å². The molecule has 0 aliphatic carbocycles. The van der Waals surface area contributed by atoms with Crippen LogP contribution in [0.1, 0.15) is 41.3 Å². The number of aliphatic carboxylic acids is 1. The maximum atomic E-state index is 13.3. The molecule has 1 atom stereocenters. The summed E-state index contributed by atoms with van der Waals surface area (Å²) in [6.07, 6.45) is 5.17. The Morgan fingerprint density at radius 3 is 2.24 bits per heavy atom. The Labute approximate surface area is 242 Å². The van der Waals surface area contributed by atoms with Crippen molar-refractivity contribution in [3.63, 3.8) is 0 Å². The molecule has 0 saturated heterocycles. The average molecular weight is 520 g/mol. The maximum absolute atomic E-state index is 13.3. The van der Waals surface area contributed by atoms with Gasteiger partial charge in [0.1, 0.15) is 6.04 Å². The van der Waals surface area contributed by atoms with Gasteiger partial charge in [-0.15, -0.1) is 0 Å². The number of nitrogens with one attached hydrogen (secondary N) is 1. The molecule has 0 saturated carbocycles. The minimum atomic E-state index is -1.01. The number of thioether (sulfide) groups is 1. The largest absolute Gasteiger partial charge is 1.00 e. The molecule has 1 amide bonds. The molecule has 4 rings (SSSR count). The zero-order valence-electron chi connectivity index (χ0n) is 23.4. The van der Waals surface area contributed by atoms with E-state index in [1.807, 2.05) is 49.6 Å². The van der Waals surface area contributed by atoms with Crippen LogP contribution in [0.25, 0.3) is 21.9 Å². The number of rotatable bonds is 11. The van der Waals surface area contributed by atoms with E-state index < -0.39 is 12.0 Å².